The Bertz CT molecular complexity index is 745. The van der Waals surface area contributed by atoms with Crippen LogP contribution in [0.4, 0.5) is 0 Å². The van der Waals surface area contributed by atoms with Crippen LogP contribution in [0.2, 0.25) is 0 Å². The van der Waals surface area contributed by atoms with Crippen LogP contribution in [0.25, 0.3) is 0 Å². The molecule has 26 heavy (non-hydrogen) atoms. The summed E-state index contributed by atoms with van der Waals surface area (Å²) >= 11 is 0. The number of hydrogen-bond donors (Lipinski definition) is 2. The summed E-state index contributed by atoms with van der Waals surface area (Å²) in [6, 6.07) is 8.00. The van der Waals surface area contributed by atoms with E-state index in [9.17, 15) is 9.90 Å². The molecule has 6 heteroatoms. The van der Waals surface area contributed by atoms with Crippen LogP contribution in [0.5, 0.6) is 0 Å². The number of amides is 1. The van der Waals surface area contributed by atoms with E-state index in [4.69, 9.17) is 0 Å². The number of carbonyl (C=O) groups is 1. The molecule has 0 aliphatic carbocycles. The lowest BCUT2D eigenvalue weighted by molar-refractivity contribution is -0.0292. The van der Waals surface area contributed by atoms with E-state index in [-0.39, 0.29) is 5.91 Å². The number of nitrogens with zero attached hydrogens (tertiary/aromatic N) is 3. The Balaban J connectivity index is 1.44. The third-order valence-corrected chi connectivity index (χ3v) is 5.71. The zero-order valence-corrected chi connectivity index (χ0v) is 15.0. The lowest BCUT2D eigenvalue weighted by Gasteiger charge is -2.38. The van der Waals surface area contributed by atoms with Gasteiger partial charge in [0.1, 0.15) is 0 Å². The molecule has 6 nitrogen and oxygen atoms in total. The van der Waals surface area contributed by atoms with Gasteiger partial charge in [0, 0.05) is 37.6 Å². The second-order valence-electron chi connectivity index (χ2n) is 7.53. The number of rotatable bonds is 4. The lowest BCUT2D eigenvalue weighted by Crippen LogP contribution is -2.48. The van der Waals surface area contributed by atoms with Crippen LogP contribution in [-0.4, -0.2) is 57.2 Å². The van der Waals surface area contributed by atoms with Crippen molar-refractivity contribution < 1.29 is 9.90 Å². The van der Waals surface area contributed by atoms with E-state index in [0.29, 0.717) is 38.4 Å². The minimum atomic E-state index is -0.771. The molecule has 1 aromatic heterocycles. The molecule has 3 heterocycles. The first-order chi connectivity index (χ1) is 12.6. The van der Waals surface area contributed by atoms with E-state index in [1.54, 1.807) is 12.5 Å². The van der Waals surface area contributed by atoms with Crippen LogP contribution in [0.3, 0.4) is 0 Å². The van der Waals surface area contributed by atoms with Gasteiger partial charge in [-0.05, 0) is 43.4 Å². The Morgan fingerprint density at radius 1 is 1.31 bits per heavy atom. The monoisotopic (exact) mass is 354 g/mol. The quantitative estimate of drug-likeness (QED) is 0.875. The molecule has 2 N–H and O–H groups in total. The van der Waals surface area contributed by atoms with Gasteiger partial charge in [-0.1, -0.05) is 18.2 Å². The van der Waals surface area contributed by atoms with Gasteiger partial charge in [-0.15, -0.1) is 0 Å². The molecule has 4 rings (SSSR count). The molecule has 1 amide bonds. The molecule has 2 aliphatic heterocycles. The second-order valence-corrected chi connectivity index (χ2v) is 7.53. The fraction of sp³-hybridized carbons (Fsp3) is 0.500. The highest BCUT2D eigenvalue weighted by Gasteiger charge is 2.35. The number of benzene rings is 1. The summed E-state index contributed by atoms with van der Waals surface area (Å²) < 4.78 is 1.90. The van der Waals surface area contributed by atoms with Crippen molar-refractivity contribution in [2.45, 2.75) is 37.3 Å². The van der Waals surface area contributed by atoms with Crippen molar-refractivity contribution >= 4 is 5.91 Å². The zero-order valence-electron chi connectivity index (χ0n) is 15.0. The maximum Gasteiger partial charge on any atom is 0.254 e. The number of aliphatic hydroxyl groups is 1. The van der Waals surface area contributed by atoms with Crippen molar-refractivity contribution in [3.63, 3.8) is 0 Å². The minimum Gasteiger partial charge on any atom is -0.388 e. The summed E-state index contributed by atoms with van der Waals surface area (Å²) in [6.07, 6.45) is 7.56. The summed E-state index contributed by atoms with van der Waals surface area (Å²) in [5.74, 6) is 0.510. The molecular weight excluding hydrogens is 328 g/mol. The molecule has 0 unspecified atom stereocenters. The maximum absolute atomic E-state index is 13.1. The summed E-state index contributed by atoms with van der Waals surface area (Å²) in [7, 11) is 0. The number of nitrogens with one attached hydrogen (secondary N) is 1. The third kappa shape index (κ3) is 3.52. The number of piperidine rings is 1. The molecule has 0 bridgehead atoms. The van der Waals surface area contributed by atoms with Crippen LogP contribution >= 0.6 is 0 Å². The first kappa shape index (κ1) is 17.2. The van der Waals surface area contributed by atoms with E-state index in [1.807, 2.05) is 33.9 Å². The summed E-state index contributed by atoms with van der Waals surface area (Å²) in [6.45, 7) is 3.65. The number of aromatic nitrogens is 2. The molecule has 2 fully saturated rings. The van der Waals surface area contributed by atoms with Crippen LogP contribution in [0.1, 0.15) is 41.1 Å². The minimum absolute atomic E-state index is 0.0946. The first-order valence-corrected chi connectivity index (χ1v) is 9.42. The van der Waals surface area contributed by atoms with Crippen LogP contribution in [-0.2, 0) is 6.54 Å². The van der Waals surface area contributed by atoms with Crippen molar-refractivity contribution in [3.05, 3.63) is 54.1 Å². The number of imidazole rings is 1. The maximum atomic E-state index is 13.1. The number of likely N-dealkylation sites (tertiary alicyclic amines) is 1. The lowest BCUT2D eigenvalue weighted by atomic mass is 9.89. The highest BCUT2D eigenvalue weighted by molar-refractivity contribution is 5.96. The predicted molar refractivity (Wildman–Crippen MR) is 99.0 cm³/mol. The van der Waals surface area contributed by atoms with Crippen molar-refractivity contribution in [2.75, 3.05) is 26.2 Å². The molecular formula is C20H26N4O2. The largest absolute Gasteiger partial charge is 0.388 e. The van der Waals surface area contributed by atoms with Crippen LogP contribution in [0, 0.1) is 0 Å². The molecule has 2 saturated heterocycles. The summed E-state index contributed by atoms with van der Waals surface area (Å²) in [5, 5.41) is 14.2. The van der Waals surface area contributed by atoms with Crippen LogP contribution in [0.15, 0.2) is 43.0 Å². The number of carbonyl (C=O) groups excluding carboxylic acids is 1. The Morgan fingerprint density at radius 3 is 2.81 bits per heavy atom. The third-order valence-electron chi connectivity index (χ3n) is 5.71. The molecule has 0 spiro atoms. The average Bonchev–Trinajstić information content (AvgIpc) is 3.35. The summed E-state index contributed by atoms with van der Waals surface area (Å²) in [4.78, 5) is 19.0. The van der Waals surface area contributed by atoms with E-state index in [0.717, 1.165) is 30.6 Å². The average molecular weight is 354 g/mol. The van der Waals surface area contributed by atoms with Crippen molar-refractivity contribution in [1.82, 2.24) is 19.8 Å². The second kappa shape index (κ2) is 7.21. The van der Waals surface area contributed by atoms with Crippen molar-refractivity contribution in [3.8, 4) is 0 Å². The molecule has 0 radical (unpaired) electrons. The Morgan fingerprint density at radius 2 is 2.12 bits per heavy atom. The fourth-order valence-corrected chi connectivity index (χ4v) is 4.14. The molecule has 2 aliphatic rings. The Kier molecular flexibility index (Phi) is 4.78. The van der Waals surface area contributed by atoms with Crippen LogP contribution < -0.4 is 5.32 Å². The van der Waals surface area contributed by atoms with Crippen molar-refractivity contribution in [1.29, 1.82) is 0 Å². The molecule has 138 valence electrons. The number of hydrogen-bond acceptors (Lipinski definition) is 4. The smallest absolute Gasteiger partial charge is 0.254 e. The van der Waals surface area contributed by atoms with E-state index >= 15 is 0 Å². The SMILES string of the molecule is O=C(c1ccccc1[C@@H]1CCNC1)N1CCC(O)(Cn2ccnc2)CC1. The molecule has 1 aromatic carbocycles. The first-order valence-electron chi connectivity index (χ1n) is 9.42. The molecule has 0 saturated carbocycles. The van der Waals surface area contributed by atoms with Gasteiger partial charge in [0.05, 0.1) is 18.5 Å². The Labute approximate surface area is 153 Å². The van der Waals surface area contributed by atoms with E-state index in [2.05, 4.69) is 16.4 Å². The Hall–Kier alpha value is -2.18. The highest BCUT2D eigenvalue weighted by atomic mass is 16.3. The van der Waals surface area contributed by atoms with Gasteiger partial charge in [0.2, 0.25) is 0 Å². The van der Waals surface area contributed by atoms with E-state index < -0.39 is 5.60 Å². The van der Waals surface area contributed by atoms with Gasteiger partial charge >= 0.3 is 0 Å². The van der Waals surface area contributed by atoms with Gasteiger partial charge in [-0.3, -0.25) is 4.79 Å². The van der Waals surface area contributed by atoms with Gasteiger partial charge in [-0.25, -0.2) is 4.98 Å². The highest BCUT2D eigenvalue weighted by Crippen LogP contribution is 2.29. The van der Waals surface area contributed by atoms with Gasteiger partial charge in [0.25, 0.3) is 5.91 Å². The predicted octanol–water partition coefficient (Wildman–Crippen LogP) is 1.63. The van der Waals surface area contributed by atoms with E-state index in [1.165, 1.54) is 0 Å². The van der Waals surface area contributed by atoms with Gasteiger partial charge in [-0.2, -0.15) is 0 Å². The zero-order chi connectivity index (χ0) is 18.0. The standard InChI is InChI=1S/C20H26N4O2/c25-19(18-4-2-1-3-17(18)16-5-8-21-13-16)24-10-6-20(26,7-11-24)14-23-12-9-22-15-23/h1-4,9,12,15-16,21,26H,5-8,10-11,13-14H2/t16-/m1/s1. The molecule has 2 aromatic rings. The topological polar surface area (TPSA) is 70.4 Å². The van der Waals surface area contributed by atoms with Gasteiger partial charge in [0.15, 0.2) is 0 Å². The van der Waals surface area contributed by atoms with Crippen molar-refractivity contribution in [2.24, 2.45) is 0 Å². The molecule has 1 atom stereocenters. The van der Waals surface area contributed by atoms with Gasteiger partial charge < -0.3 is 19.9 Å². The normalized spacial score (nSPS) is 22.5. The fourth-order valence-electron chi connectivity index (χ4n) is 4.14. The summed E-state index contributed by atoms with van der Waals surface area (Å²) in [5.41, 5.74) is 1.20.